The Bertz CT molecular complexity index is 411. The van der Waals surface area contributed by atoms with Crippen molar-refractivity contribution in [3.63, 3.8) is 0 Å². The van der Waals surface area contributed by atoms with Crippen LogP contribution in [0.5, 0.6) is 0 Å². The molecule has 1 unspecified atom stereocenters. The summed E-state index contributed by atoms with van der Waals surface area (Å²) in [6.45, 7) is 4.50. The molecule has 0 saturated carbocycles. The summed E-state index contributed by atoms with van der Waals surface area (Å²) in [4.78, 5) is 0. The smallest absolute Gasteiger partial charge is 0.151 e. The lowest BCUT2D eigenvalue weighted by Gasteiger charge is -2.11. The van der Waals surface area contributed by atoms with Crippen molar-refractivity contribution in [2.75, 3.05) is 18.1 Å². The molecule has 0 aromatic carbocycles. The van der Waals surface area contributed by atoms with Crippen molar-refractivity contribution in [1.29, 1.82) is 0 Å². The molecule has 0 fully saturated rings. The van der Waals surface area contributed by atoms with Crippen LogP contribution in [0.4, 0.5) is 0 Å². The van der Waals surface area contributed by atoms with Crippen molar-refractivity contribution in [2.45, 2.75) is 39.2 Å². The Morgan fingerprint density at radius 2 is 2.11 bits per heavy atom. The molecule has 1 heterocycles. The summed E-state index contributed by atoms with van der Waals surface area (Å²) in [6, 6.07) is 3.76. The Kier molecular flexibility index (Phi) is 6.43. The number of nitrogens with one attached hydrogen (secondary N) is 1. The number of unbranched alkanes of at least 4 members (excludes halogenated alkanes) is 2. The van der Waals surface area contributed by atoms with E-state index in [4.69, 9.17) is 4.42 Å². The zero-order valence-electron chi connectivity index (χ0n) is 11.2. The van der Waals surface area contributed by atoms with Gasteiger partial charge in [0.05, 0.1) is 23.8 Å². The van der Waals surface area contributed by atoms with Crippen molar-refractivity contribution in [2.24, 2.45) is 0 Å². The average Bonchev–Trinajstić information content (AvgIpc) is 2.82. The van der Waals surface area contributed by atoms with Crippen LogP contribution in [0.25, 0.3) is 0 Å². The lowest BCUT2D eigenvalue weighted by atomic mass is 10.2. The lowest BCUT2D eigenvalue weighted by molar-refractivity contribution is 0.437. The van der Waals surface area contributed by atoms with E-state index in [1.807, 2.05) is 19.1 Å². The normalized spacial score (nSPS) is 13.7. The first-order valence-electron chi connectivity index (χ1n) is 6.52. The Balaban J connectivity index is 2.24. The third-order valence-electron chi connectivity index (χ3n) is 2.89. The molecule has 5 heteroatoms. The van der Waals surface area contributed by atoms with Crippen LogP contribution in [-0.4, -0.2) is 26.5 Å². The SMILES string of the molecule is CCCCCS(=O)(=O)CCNC(C)c1ccco1. The number of hydrogen-bond donors (Lipinski definition) is 1. The van der Waals surface area contributed by atoms with Gasteiger partial charge in [-0.15, -0.1) is 0 Å². The van der Waals surface area contributed by atoms with Gasteiger partial charge in [0.15, 0.2) is 9.84 Å². The predicted molar refractivity (Wildman–Crippen MR) is 73.3 cm³/mol. The largest absolute Gasteiger partial charge is 0.468 e. The molecule has 4 nitrogen and oxygen atoms in total. The van der Waals surface area contributed by atoms with Crippen LogP contribution in [-0.2, 0) is 9.84 Å². The quantitative estimate of drug-likeness (QED) is 0.702. The Morgan fingerprint density at radius 1 is 1.33 bits per heavy atom. The van der Waals surface area contributed by atoms with E-state index >= 15 is 0 Å². The fourth-order valence-corrected chi connectivity index (χ4v) is 3.02. The second-order valence-electron chi connectivity index (χ2n) is 4.55. The van der Waals surface area contributed by atoms with Crippen LogP contribution in [0.1, 0.15) is 44.9 Å². The molecule has 0 aliphatic rings. The highest BCUT2D eigenvalue weighted by Crippen LogP contribution is 2.11. The molecule has 18 heavy (non-hydrogen) atoms. The van der Waals surface area contributed by atoms with Gasteiger partial charge in [0, 0.05) is 6.54 Å². The summed E-state index contributed by atoms with van der Waals surface area (Å²) >= 11 is 0. The van der Waals surface area contributed by atoms with Crippen molar-refractivity contribution >= 4 is 9.84 Å². The molecule has 0 amide bonds. The second-order valence-corrected chi connectivity index (χ2v) is 6.85. The standard InChI is InChI=1S/C13H23NO3S/c1-3-4-5-10-18(15,16)11-8-14-12(2)13-7-6-9-17-13/h6-7,9,12,14H,3-5,8,10-11H2,1-2H3. The molecular formula is C13H23NO3S. The fourth-order valence-electron chi connectivity index (χ4n) is 1.74. The van der Waals surface area contributed by atoms with Crippen LogP contribution < -0.4 is 5.32 Å². The van der Waals surface area contributed by atoms with Crippen LogP contribution in [0, 0.1) is 0 Å². The highest BCUT2D eigenvalue weighted by molar-refractivity contribution is 7.91. The monoisotopic (exact) mass is 273 g/mol. The van der Waals surface area contributed by atoms with Gasteiger partial charge in [0.2, 0.25) is 0 Å². The minimum Gasteiger partial charge on any atom is -0.468 e. The zero-order chi connectivity index (χ0) is 13.4. The van der Waals surface area contributed by atoms with Gasteiger partial charge in [0.25, 0.3) is 0 Å². The molecule has 1 aromatic heterocycles. The Hall–Kier alpha value is -0.810. The zero-order valence-corrected chi connectivity index (χ0v) is 12.0. The first-order chi connectivity index (χ1) is 8.55. The summed E-state index contributed by atoms with van der Waals surface area (Å²) in [5.74, 6) is 1.33. The van der Waals surface area contributed by atoms with E-state index in [1.54, 1.807) is 6.26 Å². The minimum absolute atomic E-state index is 0.0471. The van der Waals surface area contributed by atoms with E-state index in [2.05, 4.69) is 12.2 Å². The average molecular weight is 273 g/mol. The molecule has 0 aliphatic heterocycles. The molecule has 0 bridgehead atoms. The fraction of sp³-hybridized carbons (Fsp3) is 0.692. The van der Waals surface area contributed by atoms with Crippen molar-refractivity contribution in [3.05, 3.63) is 24.2 Å². The van der Waals surface area contributed by atoms with E-state index < -0.39 is 9.84 Å². The van der Waals surface area contributed by atoms with E-state index in [9.17, 15) is 8.42 Å². The maximum Gasteiger partial charge on any atom is 0.151 e. The van der Waals surface area contributed by atoms with Crippen LogP contribution >= 0.6 is 0 Å². The molecule has 0 saturated heterocycles. The summed E-state index contributed by atoms with van der Waals surface area (Å²) in [7, 11) is -2.91. The number of rotatable bonds is 9. The van der Waals surface area contributed by atoms with Crippen molar-refractivity contribution in [3.8, 4) is 0 Å². The molecule has 1 atom stereocenters. The third-order valence-corrected chi connectivity index (χ3v) is 4.63. The minimum atomic E-state index is -2.91. The van der Waals surface area contributed by atoms with Gasteiger partial charge in [-0.3, -0.25) is 0 Å². The van der Waals surface area contributed by atoms with Gasteiger partial charge in [0.1, 0.15) is 5.76 Å². The first kappa shape index (κ1) is 15.2. The maximum atomic E-state index is 11.7. The second kappa shape index (κ2) is 7.59. The lowest BCUT2D eigenvalue weighted by Crippen LogP contribution is -2.26. The topological polar surface area (TPSA) is 59.3 Å². The molecule has 104 valence electrons. The number of furan rings is 1. The predicted octanol–water partition coefficient (Wildman–Crippen LogP) is 2.54. The van der Waals surface area contributed by atoms with E-state index in [0.717, 1.165) is 25.0 Å². The third kappa shape index (κ3) is 5.69. The molecule has 0 radical (unpaired) electrons. The molecule has 1 rings (SSSR count). The summed E-state index contributed by atoms with van der Waals surface area (Å²) in [5.41, 5.74) is 0. The van der Waals surface area contributed by atoms with E-state index in [-0.39, 0.29) is 11.8 Å². The number of hydrogen-bond acceptors (Lipinski definition) is 4. The van der Waals surface area contributed by atoms with Crippen molar-refractivity contribution < 1.29 is 12.8 Å². The molecule has 1 aromatic rings. The Morgan fingerprint density at radius 3 is 2.72 bits per heavy atom. The van der Waals surface area contributed by atoms with Gasteiger partial charge in [-0.05, 0) is 25.5 Å². The van der Waals surface area contributed by atoms with Crippen LogP contribution in [0.3, 0.4) is 0 Å². The van der Waals surface area contributed by atoms with Gasteiger partial charge in [-0.1, -0.05) is 19.8 Å². The molecule has 0 aliphatic carbocycles. The maximum absolute atomic E-state index is 11.7. The summed E-state index contributed by atoms with van der Waals surface area (Å²) < 4.78 is 28.7. The molecule has 0 spiro atoms. The summed E-state index contributed by atoms with van der Waals surface area (Å²) in [5, 5.41) is 3.16. The molecule has 1 N–H and O–H groups in total. The molecular weight excluding hydrogens is 250 g/mol. The number of sulfone groups is 1. The van der Waals surface area contributed by atoms with E-state index in [1.165, 1.54) is 0 Å². The van der Waals surface area contributed by atoms with Gasteiger partial charge in [-0.2, -0.15) is 0 Å². The van der Waals surface area contributed by atoms with Crippen LogP contribution in [0.15, 0.2) is 22.8 Å². The van der Waals surface area contributed by atoms with Gasteiger partial charge in [-0.25, -0.2) is 8.42 Å². The van der Waals surface area contributed by atoms with Gasteiger partial charge >= 0.3 is 0 Å². The first-order valence-corrected chi connectivity index (χ1v) is 8.34. The Labute approximate surface area is 110 Å². The van der Waals surface area contributed by atoms with Crippen LogP contribution in [0.2, 0.25) is 0 Å². The summed E-state index contributed by atoms with van der Waals surface area (Å²) in [6.07, 6.45) is 4.42. The van der Waals surface area contributed by atoms with Gasteiger partial charge < -0.3 is 9.73 Å². The van der Waals surface area contributed by atoms with Crippen molar-refractivity contribution in [1.82, 2.24) is 5.32 Å². The highest BCUT2D eigenvalue weighted by Gasteiger charge is 2.12. The highest BCUT2D eigenvalue weighted by atomic mass is 32.2. The van der Waals surface area contributed by atoms with E-state index in [0.29, 0.717) is 12.3 Å².